The summed E-state index contributed by atoms with van der Waals surface area (Å²) in [5.74, 6) is -0.316. The first-order valence-corrected chi connectivity index (χ1v) is 8.66. The molecule has 0 aliphatic carbocycles. The van der Waals surface area contributed by atoms with Crippen molar-refractivity contribution in [2.45, 2.75) is 25.7 Å². The molecule has 4 heteroatoms. The molecule has 2 aromatic carbocycles. The fraction of sp³-hybridized carbons (Fsp3) is 0.381. The lowest BCUT2D eigenvalue weighted by atomic mass is 9.87. The van der Waals surface area contributed by atoms with Gasteiger partial charge in [0.15, 0.2) is 0 Å². The molecule has 25 heavy (non-hydrogen) atoms. The summed E-state index contributed by atoms with van der Waals surface area (Å²) >= 11 is 0. The molecular weight excluding hydrogens is 317 g/mol. The molecule has 1 atom stereocenters. The topological polar surface area (TPSA) is 29.5 Å². The lowest BCUT2D eigenvalue weighted by molar-refractivity contribution is 0.0525. The summed E-state index contributed by atoms with van der Waals surface area (Å²) in [5.41, 5.74) is 2.66. The minimum absolute atomic E-state index is 0.207. The molecule has 0 aliphatic rings. The van der Waals surface area contributed by atoms with Crippen LogP contribution in [0.25, 0.3) is 0 Å². The molecular formula is C21H26FNO2. The molecule has 0 saturated carbocycles. The van der Waals surface area contributed by atoms with Crippen molar-refractivity contribution in [3.8, 4) is 0 Å². The number of hydrogen-bond acceptors (Lipinski definition) is 3. The maximum absolute atomic E-state index is 13.3. The van der Waals surface area contributed by atoms with E-state index in [2.05, 4.69) is 4.90 Å². The van der Waals surface area contributed by atoms with E-state index < -0.39 is 0 Å². The van der Waals surface area contributed by atoms with Gasteiger partial charge in [0.2, 0.25) is 0 Å². The second kappa shape index (κ2) is 9.33. The van der Waals surface area contributed by atoms with Crippen LogP contribution in [0.1, 0.15) is 40.7 Å². The maximum Gasteiger partial charge on any atom is 0.338 e. The van der Waals surface area contributed by atoms with Gasteiger partial charge in [0.25, 0.3) is 0 Å². The third kappa shape index (κ3) is 5.68. The highest BCUT2D eigenvalue weighted by molar-refractivity contribution is 5.91. The molecule has 0 amide bonds. The first kappa shape index (κ1) is 19.1. The predicted octanol–water partition coefficient (Wildman–Crippen LogP) is 4.28. The Balaban J connectivity index is 2.27. The molecule has 0 aliphatic heterocycles. The fourth-order valence-electron chi connectivity index (χ4n) is 2.91. The summed E-state index contributed by atoms with van der Waals surface area (Å²) in [5, 5.41) is 0. The van der Waals surface area contributed by atoms with Crippen molar-refractivity contribution in [3.63, 3.8) is 0 Å². The number of hydrogen-bond donors (Lipinski definition) is 0. The largest absolute Gasteiger partial charge is 0.462 e. The number of ether oxygens (including phenoxy) is 1. The second-order valence-corrected chi connectivity index (χ2v) is 6.42. The Bertz CT molecular complexity index is 683. The maximum atomic E-state index is 13.3. The Labute approximate surface area is 149 Å². The Morgan fingerprint density at radius 3 is 2.44 bits per heavy atom. The molecule has 3 nitrogen and oxygen atoms in total. The lowest BCUT2D eigenvalue weighted by Crippen LogP contribution is -2.18. The zero-order valence-corrected chi connectivity index (χ0v) is 15.2. The van der Waals surface area contributed by atoms with Gasteiger partial charge in [0.1, 0.15) is 5.82 Å². The van der Waals surface area contributed by atoms with Gasteiger partial charge < -0.3 is 9.64 Å². The minimum Gasteiger partial charge on any atom is -0.462 e. The number of esters is 1. The van der Waals surface area contributed by atoms with Crippen molar-refractivity contribution >= 4 is 5.97 Å². The van der Waals surface area contributed by atoms with Crippen LogP contribution in [0.4, 0.5) is 4.39 Å². The van der Waals surface area contributed by atoms with E-state index in [-0.39, 0.29) is 17.7 Å². The Morgan fingerprint density at radius 1 is 1.12 bits per heavy atom. The number of carbonyl (C=O) groups excluding carboxylic acids is 1. The van der Waals surface area contributed by atoms with E-state index >= 15 is 0 Å². The van der Waals surface area contributed by atoms with Crippen LogP contribution in [0.15, 0.2) is 48.5 Å². The lowest BCUT2D eigenvalue weighted by Gasteiger charge is -2.21. The highest BCUT2D eigenvalue weighted by Gasteiger charge is 2.18. The number of halogens is 1. The predicted molar refractivity (Wildman–Crippen MR) is 98.4 cm³/mol. The minimum atomic E-state index is -0.288. The van der Waals surface area contributed by atoms with Crippen molar-refractivity contribution in [3.05, 3.63) is 71.0 Å². The van der Waals surface area contributed by atoms with Crippen LogP contribution in [0.5, 0.6) is 0 Å². The summed E-state index contributed by atoms with van der Waals surface area (Å²) in [6.07, 6.45) is 1.64. The van der Waals surface area contributed by atoms with Gasteiger partial charge in [-0.1, -0.05) is 30.3 Å². The first-order chi connectivity index (χ1) is 12.0. The van der Waals surface area contributed by atoms with Gasteiger partial charge in [-0.3, -0.25) is 0 Å². The van der Waals surface area contributed by atoms with Crippen LogP contribution in [-0.2, 0) is 11.2 Å². The van der Waals surface area contributed by atoms with Crippen molar-refractivity contribution < 1.29 is 13.9 Å². The number of benzene rings is 2. The first-order valence-electron chi connectivity index (χ1n) is 8.66. The zero-order chi connectivity index (χ0) is 18.2. The SMILES string of the molecule is CCOC(=O)c1ccccc1CC(CCN(C)C)c1ccc(F)cc1. The van der Waals surface area contributed by atoms with E-state index in [9.17, 15) is 9.18 Å². The van der Waals surface area contributed by atoms with Gasteiger partial charge in [-0.2, -0.15) is 0 Å². The monoisotopic (exact) mass is 343 g/mol. The number of carbonyl (C=O) groups is 1. The molecule has 0 bridgehead atoms. The molecule has 0 aromatic heterocycles. The van der Waals surface area contributed by atoms with Crippen LogP contribution in [0.2, 0.25) is 0 Å². The van der Waals surface area contributed by atoms with Gasteiger partial charge in [-0.15, -0.1) is 0 Å². The van der Waals surface area contributed by atoms with Crippen molar-refractivity contribution in [1.29, 1.82) is 0 Å². The van der Waals surface area contributed by atoms with E-state index in [0.29, 0.717) is 18.6 Å². The zero-order valence-electron chi connectivity index (χ0n) is 15.2. The molecule has 0 spiro atoms. The second-order valence-electron chi connectivity index (χ2n) is 6.42. The van der Waals surface area contributed by atoms with Gasteiger partial charge in [-0.25, -0.2) is 9.18 Å². The van der Waals surface area contributed by atoms with Crippen LogP contribution in [-0.4, -0.2) is 38.1 Å². The van der Waals surface area contributed by atoms with Crippen LogP contribution >= 0.6 is 0 Å². The van der Waals surface area contributed by atoms with Crippen LogP contribution < -0.4 is 0 Å². The van der Waals surface area contributed by atoms with Crippen LogP contribution in [0, 0.1) is 5.82 Å². The summed E-state index contributed by atoms with van der Waals surface area (Å²) in [6, 6.07) is 14.2. The molecule has 0 radical (unpaired) electrons. The standard InChI is InChI=1S/C21H26FNO2/c1-4-25-21(24)20-8-6-5-7-18(20)15-17(13-14-23(2)3)16-9-11-19(22)12-10-16/h5-12,17H,4,13-15H2,1-3H3. The molecule has 0 saturated heterocycles. The van der Waals surface area contributed by atoms with Crippen molar-refractivity contribution in [1.82, 2.24) is 4.90 Å². The smallest absolute Gasteiger partial charge is 0.338 e. The highest BCUT2D eigenvalue weighted by Crippen LogP contribution is 2.27. The van der Waals surface area contributed by atoms with E-state index in [1.165, 1.54) is 12.1 Å². The van der Waals surface area contributed by atoms with Crippen LogP contribution in [0.3, 0.4) is 0 Å². The Hall–Kier alpha value is -2.20. The van der Waals surface area contributed by atoms with E-state index in [0.717, 1.165) is 24.1 Å². The molecule has 134 valence electrons. The Kier molecular flexibility index (Phi) is 7.14. The normalized spacial score (nSPS) is 12.2. The van der Waals surface area contributed by atoms with Gasteiger partial charge in [0, 0.05) is 0 Å². The third-order valence-corrected chi connectivity index (χ3v) is 4.25. The fourth-order valence-corrected chi connectivity index (χ4v) is 2.91. The summed E-state index contributed by atoms with van der Waals surface area (Å²) in [7, 11) is 4.07. The van der Waals surface area contributed by atoms with E-state index in [1.807, 2.05) is 44.4 Å². The van der Waals surface area contributed by atoms with Gasteiger partial charge >= 0.3 is 5.97 Å². The highest BCUT2D eigenvalue weighted by atomic mass is 19.1. The van der Waals surface area contributed by atoms with Crippen molar-refractivity contribution in [2.24, 2.45) is 0 Å². The molecule has 0 heterocycles. The van der Waals surface area contributed by atoms with E-state index in [1.54, 1.807) is 13.0 Å². The average Bonchev–Trinajstić information content (AvgIpc) is 2.60. The Morgan fingerprint density at radius 2 is 1.80 bits per heavy atom. The third-order valence-electron chi connectivity index (χ3n) is 4.25. The molecule has 2 aromatic rings. The molecule has 1 unspecified atom stereocenters. The van der Waals surface area contributed by atoms with Crippen molar-refractivity contribution in [2.75, 3.05) is 27.2 Å². The summed E-state index contributed by atoms with van der Waals surface area (Å²) < 4.78 is 18.4. The van der Waals surface area contributed by atoms with E-state index in [4.69, 9.17) is 4.74 Å². The summed E-state index contributed by atoms with van der Waals surface area (Å²) in [6.45, 7) is 3.08. The molecule has 0 N–H and O–H groups in total. The molecule has 0 fully saturated rings. The number of nitrogens with zero attached hydrogens (tertiary/aromatic N) is 1. The quantitative estimate of drug-likeness (QED) is 0.670. The average molecular weight is 343 g/mol. The summed E-state index contributed by atoms with van der Waals surface area (Å²) in [4.78, 5) is 14.3. The molecule has 2 rings (SSSR count). The number of rotatable bonds is 8. The van der Waals surface area contributed by atoms with Gasteiger partial charge in [0.05, 0.1) is 12.2 Å². The van der Waals surface area contributed by atoms with Gasteiger partial charge in [-0.05, 0) is 75.6 Å².